The Morgan fingerprint density at radius 3 is 2.23 bits per heavy atom. The third-order valence-electron chi connectivity index (χ3n) is 6.99. The largest absolute Gasteiger partial charge is 0.487 e. The molecule has 1 amide bonds. The van der Waals surface area contributed by atoms with Crippen molar-refractivity contribution in [2.24, 2.45) is 0 Å². The van der Waals surface area contributed by atoms with Gasteiger partial charge in [0, 0.05) is 31.5 Å². The van der Waals surface area contributed by atoms with Crippen molar-refractivity contribution in [3.63, 3.8) is 0 Å². The number of carboxylic acid groups (broad SMARTS) is 1. The first-order valence-corrected chi connectivity index (χ1v) is 12.9. The number of ether oxygens (including phenoxy) is 1. The van der Waals surface area contributed by atoms with Crippen LogP contribution in [0.2, 0.25) is 0 Å². The van der Waals surface area contributed by atoms with Crippen molar-refractivity contribution in [1.82, 2.24) is 4.90 Å². The van der Waals surface area contributed by atoms with Crippen molar-refractivity contribution in [2.75, 3.05) is 6.54 Å². The fourth-order valence-corrected chi connectivity index (χ4v) is 4.89. The Morgan fingerprint density at radius 2 is 1.64 bits per heavy atom. The van der Waals surface area contributed by atoms with Crippen molar-refractivity contribution in [3.8, 4) is 5.75 Å². The summed E-state index contributed by atoms with van der Waals surface area (Å²) in [4.78, 5) is 26.0. The molecule has 5 nitrogen and oxygen atoms in total. The molecule has 1 heterocycles. The van der Waals surface area contributed by atoms with Gasteiger partial charge in [-0.25, -0.2) is 0 Å². The first-order valence-electron chi connectivity index (χ1n) is 12.9. The Morgan fingerprint density at radius 1 is 1.00 bits per heavy atom. The van der Waals surface area contributed by atoms with Gasteiger partial charge in [0.25, 0.3) is 5.91 Å². The maximum absolute atomic E-state index is 13.4. The number of carbonyl (C=O) groups is 2. The van der Waals surface area contributed by atoms with E-state index in [1.165, 1.54) is 22.6 Å². The molecule has 0 radical (unpaired) electrons. The van der Waals surface area contributed by atoms with Crippen LogP contribution in [0.5, 0.6) is 5.75 Å². The molecule has 8 heteroatoms. The van der Waals surface area contributed by atoms with Gasteiger partial charge in [0.15, 0.2) is 0 Å². The number of carboxylic acids is 1. The molecule has 1 aliphatic heterocycles. The summed E-state index contributed by atoms with van der Waals surface area (Å²) in [5.41, 5.74) is 2.89. The van der Waals surface area contributed by atoms with Crippen molar-refractivity contribution in [1.29, 1.82) is 0 Å². The van der Waals surface area contributed by atoms with Crippen molar-refractivity contribution in [2.45, 2.75) is 64.3 Å². The Labute approximate surface area is 226 Å². The number of hydrogen-bond donors (Lipinski definition) is 1. The molecule has 1 aliphatic rings. The molecule has 0 aromatic heterocycles. The van der Waals surface area contributed by atoms with Crippen LogP contribution >= 0.6 is 0 Å². The van der Waals surface area contributed by atoms with E-state index in [-0.39, 0.29) is 19.5 Å². The summed E-state index contributed by atoms with van der Waals surface area (Å²) in [5.74, 6) is -0.309. The Hall–Kier alpha value is -3.81. The number of amides is 1. The van der Waals surface area contributed by atoms with Crippen LogP contribution in [0.1, 0.15) is 71.3 Å². The quantitative estimate of drug-likeness (QED) is 0.322. The van der Waals surface area contributed by atoms with E-state index in [9.17, 15) is 27.9 Å². The van der Waals surface area contributed by atoms with Crippen molar-refractivity contribution >= 4 is 11.9 Å². The van der Waals surface area contributed by atoms with Gasteiger partial charge in [-0.2, -0.15) is 13.2 Å². The second kappa shape index (κ2) is 11.1. The smallest absolute Gasteiger partial charge is 0.416 e. The SMILES string of the molecule is CC(C)c1ccc(C[C@]2(C)Cc3cc(C(=O)N(CCC(=O)O)Cc4ccc(C(F)(F)F)cc4)ccc3O2)cc1. The van der Waals surface area contributed by atoms with Crippen molar-refractivity contribution < 1.29 is 32.6 Å². The van der Waals surface area contributed by atoms with Crippen LogP contribution in [0.4, 0.5) is 13.2 Å². The van der Waals surface area contributed by atoms with Crippen LogP contribution in [0.25, 0.3) is 0 Å². The normalized spacial score (nSPS) is 16.6. The number of nitrogens with zero attached hydrogens (tertiary/aromatic N) is 1. The number of fused-ring (bicyclic) bond motifs is 1. The molecule has 39 heavy (non-hydrogen) atoms. The van der Waals surface area contributed by atoms with Crippen LogP contribution in [0, 0.1) is 0 Å². The van der Waals surface area contributed by atoms with E-state index in [4.69, 9.17) is 4.74 Å². The monoisotopic (exact) mass is 539 g/mol. The molecule has 4 rings (SSSR count). The summed E-state index contributed by atoms with van der Waals surface area (Å²) in [6, 6.07) is 18.2. The molecule has 3 aromatic carbocycles. The van der Waals surface area contributed by atoms with Gasteiger partial charge in [-0.15, -0.1) is 0 Å². The molecular formula is C31H32F3NO4. The van der Waals surface area contributed by atoms with Crippen LogP contribution < -0.4 is 4.74 Å². The molecule has 0 fully saturated rings. The van der Waals surface area contributed by atoms with Crippen LogP contribution in [0.3, 0.4) is 0 Å². The topological polar surface area (TPSA) is 66.8 Å². The van der Waals surface area contributed by atoms with Gasteiger partial charge in [-0.1, -0.05) is 50.2 Å². The first-order chi connectivity index (χ1) is 18.3. The average Bonchev–Trinajstić information content (AvgIpc) is 3.20. The lowest BCUT2D eigenvalue weighted by Gasteiger charge is -2.24. The minimum Gasteiger partial charge on any atom is -0.487 e. The van der Waals surface area contributed by atoms with E-state index >= 15 is 0 Å². The maximum atomic E-state index is 13.4. The van der Waals surface area contributed by atoms with Crippen LogP contribution in [0.15, 0.2) is 66.7 Å². The number of benzene rings is 3. The van der Waals surface area contributed by atoms with Gasteiger partial charge in [0.2, 0.25) is 0 Å². The summed E-state index contributed by atoms with van der Waals surface area (Å²) in [7, 11) is 0. The summed E-state index contributed by atoms with van der Waals surface area (Å²) in [6.45, 7) is 6.25. The molecule has 1 atom stereocenters. The summed E-state index contributed by atoms with van der Waals surface area (Å²) >= 11 is 0. The molecule has 0 spiro atoms. The number of hydrogen-bond acceptors (Lipinski definition) is 3. The first kappa shape index (κ1) is 28.2. The fourth-order valence-electron chi connectivity index (χ4n) is 4.89. The molecule has 3 aromatic rings. The Bertz CT molecular complexity index is 1330. The van der Waals surface area contributed by atoms with E-state index in [0.29, 0.717) is 35.6 Å². The van der Waals surface area contributed by atoms with Gasteiger partial charge in [-0.05, 0) is 65.4 Å². The highest BCUT2D eigenvalue weighted by molar-refractivity contribution is 5.95. The van der Waals surface area contributed by atoms with E-state index in [0.717, 1.165) is 23.3 Å². The highest BCUT2D eigenvalue weighted by Gasteiger charge is 2.36. The molecular weight excluding hydrogens is 507 g/mol. The summed E-state index contributed by atoms with van der Waals surface area (Å²) < 4.78 is 45.1. The second-order valence-corrected chi connectivity index (χ2v) is 10.7. The predicted molar refractivity (Wildman–Crippen MR) is 142 cm³/mol. The van der Waals surface area contributed by atoms with E-state index in [1.807, 2.05) is 6.92 Å². The minimum absolute atomic E-state index is 0.0120. The molecule has 0 unspecified atom stereocenters. The summed E-state index contributed by atoms with van der Waals surface area (Å²) in [6.07, 6.45) is -3.45. The molecule has 1 N–H and O–H groups in total. The van der Waals surface area contributed by atoms with Crippen LogP contribution in [-0.4, -0.2) is 34.0 Å². The van der Waals surface area contributed by atoms with E-state index < -0.39 is 29.2 Å². The molecule has 0 saturated heterocycles. The number of halogens is 3. The zero-order chi connectivity index (χ0) is 28.4. The summed E-state index contributed by atoms with van der Waals surface area (Å²) in [5, 5.41) is 9.17. The van der Waals surface area contributed by atoms with Gasteiger partial charge < -0.3 is 14.7 Å². The molecule has 0 bridgehead atoms. The Balaban J connectivity index is 1.50. The highest BCUT2D eigenvalue weighted by Crippen LogP contribution is 2.38. The van der Waals surface area contributed by atoms with Gasteiger partial charge in [-0.3, -0.25) is 9.59 Å². The van der Waals surface area contributed by atoms with E-state index in [2.05, 4.69) is 38.1 Å². The minimum atomic E-state index is -4.46. The third-order valence-corrected chi connectivity index (χ3v) is 6.99. The number of rotatable bonds is 9. The second-order valence-electron chi connectivity index (χ2n) is 10.7. The van der Waals surface area contributed by atoms with E-state index in [1.54, 1.807) is 18.2 Å². The molecule has 0 saturated carbocycles. The van der Waals surface area contributed by atoms with Gasteiger partial charge >= 0.3 is 12.1 Å². The Kier molecular flexibility index (Phi) is 8.04. The number of alkyl halides is 3. The van der Waals surface area contributed by atoms with Gasteiger partial charge in [0.1, 0.15) is 11.4 Å². The maximum Gasteiger partial charge on any atom is 0.416 e. The fraction of sp³-hybridized carbons (Fsp3) is 0.355. The zero-order valence-corrected chi connectivity index (χ0v) is 22.2. The lowest BCUT2D eigenvalue weighted by Crippen LogP contribution is -2.33. The molecule has 0 aliphatic carbocycles. The van der Waals surface area contributed by atoms with Crippen LogP contribution in [-0.2, 0) is 30.4 Å². The lowest BCUT2D eigenvalue weighted by molar-refractivity contribution is -0.138. The number of aliphatic carboxylic acids is 1. The molecule has 206 valence electrons. The third kappa shape index (κ3) is 6.99. The average molecular weight is 540 g/mol. The zero-order valence-electron chi connectivity index (χ0n) is 22.2. The van der Waals surface area contributed by atoms with Gasteiger partial charge in [0.05, 0.1) is 12.0 Å². The number of carbonyl (C=O) groups excluding carboxylic acids is 1. The lowest BCUT2D eigenvalue weighted by atomic mass is 9.90. The predicted octanol–water partition coefficient (Wildman–Crippen LogP) is 6.88. The standard InChI is InChI=1S/C31H32F3NO4/c1-20(2)23-8-4-21(5-9-23)17-30(3)18-25-16-24(10-13-27(25)39-30)29(38)35(15-14-28(36)37)19-22-6-11-26(12-7-22)31(32,33)34/h4-13,16,20H,14-15,17-19H2,1-3H3,(H,36,37)/t30-/m1/s1. The highest BCUT2D eigenvalue weighted by atomic mass is 19.4. The van der Waals surface area contributed by atoms with Crippen molar-refractivity contribution in [3.05, 3.63) is 100 Å².